The van der Waals surface area contributed by atoms with E-state index >= 15 is 0 Å². The Morgan fingerprint density at radius 3 is 2.60 bits per heavy atom. The number of hydrogen-bond donors (Lipinski definition) is 2. The molecule has 2 aromatic rings. The minimum Gasteiger partial charge on any atom is -0.478 e. The van der Waals surface area contributed by atoms with Crippen LogP contribution in [0, 0.1) is 17.0 Å². The number of carbonyl (C=O) groups is 1. The number of aromatic carboxylic acids is 1. The van der Waals surface area contributed by atoms with Crippen LogP contribution < -0.4 is 5.32 Å². The lowest BCUT2D eigenvalue weighted by Crippen LogP contribution is -2.02. The molecule has 0 saturated carbocycles. The Morgan fingerprint density at radius 1 is 1.25 bits per heavy atom. The monoisotopic (exact) mass is 272 g/mol. The maximum Gasteiger partial charge on any atom is 0.336 e. The molecular weight excluding hydrogens is 260 g/mol. The number of benzene rings is 2. The van der Waals surface area contributed by atoms with Gasteiger partial charge in [-0.25, -0.2) is 4.79 Å². The molecule has 0 bridgehead atoms. The van der Waals surface area contributed by atoms with Gasteiger partial charge in [-0.05, 0) is 30.7 Å². The van der Waals surface area contributed by atoms with E-state index in [9.17, 15) is 14.9 Å². The Balaban J connectivity index is 2.38. The number of nitro groups is 1. The second-order valence-electron chi connectivity index (χ2n) is 4.23. The van der Waals surface area contributed by atoms with Crippen molar-refractivity contribution in [2.45, 2.75) is 6.92 Å². The van der Waals surface area contributed by atoms with Gasteiger partial charge in [-0.3, -0.25) is 10.1 Å². The maximum atomic E-state index is 11.1. The zero-order chi connectivity index (χ0) is 14.7. The predicted octanol–water partition coefficient (Wildman–Crippen LogP) is 3.35. The lowest BCUT2D eigenvalue weighted by Gasteiger charge is -2.09. The highest BCUT2D eigenvalue weighted by Gasteiger charge is 2.13. The molecule has 0 radical (unpaired) electrons. The predicted molar refractivity (Wildman–Crippen MR) is 74.5 cm³/mol. The summed E-state index contributed by atoms with van der Waals surface area (Å²) in [6, 6.07) is 11.0. The van der Waals surface area contributed by atoms with E-state index in [1.807, 2.05) is 0 Å². The molecule has 0 atom stereocenters. The van der Waals surface area contributed by atoms with Crippen molar-refractivity contribution in [1.82, 2.24) is 0 Å². The third-order valence-corrected chi connectivity index (χ3v) is 2.85. The molecule has 0 aliphatic heterocycles. The van der Waals surface area contributed by atoms with Crippen LogP contribution in [-0.4, -0.2) is 16.0 Å². The van der Waals surface area contributed by atoms with E-state index in [4.69, 9.17) is 5.11 Å². The van der Waals surface area contributed by atoms with Crippen LogP contribution in [0.15, 0.2) is 42.5 Å². The van der Waals surface area contributed by atoms with Crippen molar-refractivity contribution >= 4 is 23.0 Å². The first-order valence-corrected chi connectivity index (χ1v) is 5.83. The first-order valence-electron chi connectivity index (χ1n) is 5.83. The average molecular weight is 272 g/mol. The second-order valence-corrected chi connectivity index (χ2v) is 4.23. The third kappa shape index (κ3) is 2.74. The Hall–Kier alpha value is -2.89. The summed E-state index contributed by atoms with van der Waals surface area (Å²) >= 11 is 0. The van der Waals surface area contributed by atoms with E-state index in [2.05, 4.69) is 5.32 Å². The number of carboxylic acid groups (broad SMARTS) is 1. The second kappa shape index (κ2) is 5.40. The van der Waals surface area contributed by atoms with Gasteiger partial charge in [0.05, 0.1) is 10.5 Å². The number of nitro benzene ring substituents is 1. The normalized spacial score (nSPS) is 10.1. The van der Waals surface area contributed by atoms with Crippen molar-refractivity contribution in [3.05, 3.63) is 63.7 Å². The van der Waals surface area contributed by atoms with E-state index in [0.717, 1.165) is 0 Å². The first kappa shape index (κ1) is 13.5. The summed E-state index contributed by atoms with van der Waals surface area (Å²) in [6.45, 7) is 1.69. The molecule has 102 valence electrons. The summed E-state index contributed by atoms with van der Waals surface area (Å²) in [7, 11) is 0. The summed E-state index contributed by atoms with van der Waals surface area (Å²) in [4.78, 5) is 21.5. The van der Waals surface area contributed by atoms with Gasteiger partial charge in [-0.15, -0.1) is 0 Å². The van der Waals surface area contributed by atoms with E-state index in [1.54, 1.807) is 37.3 Å². The molecular formula is C14H12N2O4. The summed E-state index contributed by atoms with van der Waals surface area (Å²) in [5.41, 5.74) is 1.53. The molecule has 0 unspecified atom stereocenters. The largest absolute Gasteiger partial charge is 0.478 e. The Bertz CT molecular complexity index is 683. The number of nitrogens with zero attached hydrogens (tertiary/aromatic N) is 1. The van der Waals surface area contributed by atoms with Gasteiger partial charge < -0.3 is 10.4 Å². The standard InChI is InChI=1S/C14H12N2O4/c1-9-6-7-10(8-11(9)14(17)18)15-12-4-2-3-5-13(12)16(19)20/h2-8,15H,1H3,(H,17,18). The lowest BCUT2D eigenvalue weighted by molar-refractivity contribution is -0.383. The molecule has 0 spiro atoms. The molecule has 6 heteroatoms. The van der Waals surface area contributed by atoms with E-state index in [0.29, 0.717) is 16.9 Å². The molecule has 0 saturated heterocycles. The smallest absolute Gasteiger partial charge is 0.336 e. The molecule has 2 N–H and O–H groups in total. The number of rotatable bonds is 4. The van der Waals surface area contributed by atoms with Crippen LogP contribution in [0.4, 0.5) is 17.1 Å². The number of nitrogens with one attached hydrogen (secondary N) is 1. The SMILES string of the molecule is Cc1ccc(Nc2ccccc2[N+](=O)[O-])cc1C(=O)O. The molecule has 0 aliphatic rings. The van der Waals surface area contributed by atoms with Crippen LogP contribution >= 0.6 is 0 Å². The van der Waals surface area contributed by atoms with Gasteiger partial charge in [0.1, 0.15) is 5.69 Å². The van der Waals surface area contributed by atoms with Gasteiger partial charge in [-0.1, -0.05) is 18.2 Å². The van der Waals surface area contributed by atoms with Gasteiger partial charge in [0.15, 0.2) is 0 Å². The summed E-state index contributed by atoms with van der Waals surface area (Å²) in [6.07, 6.45) is 0. The highest BCUT2D eigenvalue weighted by atomic mass is 16.6. The third-order valence-electron chi connectivity index (χ3n) is 2.85. The van der Waals surface area contributed by atoms with Crippen LogP contribution in [0.2, 0.25) is 0 Å². The molecule has 20 heavy (non-hydrogen) atoms. The number of carboxylic acids is 1. The maximum absolute atomic E-state index is 11.1. The molecule has 0 heterocycles. The van der Waals surface area contributed by atoms with Crippen molar-refractivity contribution in [3.8, 4) is 0 Å². The van der Waals surface area contributed by atoms with Crippen LogP contribution in [0.5, 0.6) is 0 Å². The van der Waals surface area contributed by atoms with Gasteiger partial charge in [0.25, 0.3) is 5.69 Å². The minimum atomic E-state index is -1.03. The average Bonchev–Trinajstić information content (AvgIpc) is 2.41. The van der Waals surface area contributed by atoms with Crippen LogP contribution in [0.3, 0.4) is 0 Å². The lowest BCUT2D eigenvalue weighted by atomic mass is 10.1. The highest BCUT2D eigenvalue weighted by Crippen LogP contribution is 2.27. The first-order chi connectivity index (χ1) is 9.49. The van der Waals surface area contributed by atoms with Crippen LogP contribution in [-0.2, 0) is 0 Å². The van der Waals surface area contributed by atoms with Crippen molar-refractivity contribution in [1.29, 1.82) is 0 Å². The minimum absolute atomic E-state index is 0.0649. The van der Waals surface area contributed by atoms with E-state index in [1.165, 1.54) is 12.1 Å². The Kier molecular flexibility index (Phi) is 3.65. The molecule has 6 nitrogen and oxygen atoms in total. The Morgan fingerprint density at radius 2 is 1.95 bits per heavy atom. The molecule has 2 aromatic carbocycles. The topological polar surface area (TPSA) is 92.5 Å². The zero-order valence-electron chi connectivity index (χ0n) is 10.7. The zero-order valence-corrected chi connectivity index (χ0v) is 10.7. The number of para-hydroxylation sites is 2. The molecule has 0 fully saturated rings. The fourth-order valence-electron chi connectivity index (χ4n) is 1.82. The number of anilines is 2. The fraction of sp³-hybridized carbons (Fsp3) is 0.0714. The van der Waals surface area contributed by atoms with Gasteiger partial charge >= 0.3 is 5.97 Å². The van der Waals surface area contributed by atoms with Gasteiger partial charge in [-0.2, -0.15) is 0 Å². The van der Waals surface area contributed by atoms with Crippen LogP contribution in [0.25, 0.3) is 0 Å². The van der Waals surface area contributed by atoms with Crippen molar-refractivity contribution in [3.63, 3.8) is 0 Å². The van der Waals surface area contributed by atoms with Crippen molar-refractivity contribution < 1.29 is 14.8 Å². The summed E-state index contributed by atoms with van der Waals surface area (Å²) in [5, 5.41) is 22.8. The molecule has 2 rings (SSSR count). The van der Waals surface area contributed by atoms with Gasteiger partial charge in [0, 0.05) is 11.8 Å². The number of hydrogen-bond acceptors (Lipinski definition) is 4. The summed E-state index contributed by atoms with van der Waals surface area (Å²) < 4.78 is 0. The highest BCUT2D eigenvalue weighted by molar-refractivity contribution is 5.91. The van der Waals surface area contributed by atoms with Gasteiger partial charge in [0.2, 0.25) is 0 Å². The van der Waals surface area contributed by atoms with Crippen molar-refractivity contribution in [2.24, 2.45) is 0 Å². The van der Waals surface area contributed by atoms with E-state index < -0.39 is 10.9 Å². The quantitative estimate of drug-likeness (QED) is 0.657. The summed E-state index contributed by atoms with van der Waals surface area (Å²) in [5.74, 6) is -1.03. The van der Waals surface area contributed by atoms with Crippen LogP contribution in [0.1, 0.15) is 15.9 Å². The number of aryl methyl sites for hydroxylation is 1. The van der Waals surface area contributed by atoms with E-state index in [-0.39, 0.29) is 11.3 Å². The Labute approximate surface area is 114 Å². The molecule has 0 amide bonds. The fourth-order valence-corrected chi connectivity index (χ4v) is 1.82. The molecule has 0 aromatic heterocycles. The van der Waals surface area contributed by atoms with Crippen molar-refractivity contribution in [2.75, 3.05) is 5.32 Å². The molecule has 0 aliphatic carbocycles.